The lowest BCUT2D eigenvalue weighted by Crippen LogP contribution is -1.99. The van der Waals surface area contributed by atoms with E-state index in [4.69, 9.17) is 0 Å². The fraction of sp³-hybridized carbons (Fsp3) is 0.250. The molecular formula is C12H13N. The molecule has 2 rings (SSSR count). The Kier molecular flexibility index (Phi) is 2.26. The summed E-state index contributed by atoms with van der Waals surface area (Å²) in [6.07, 6.45) is 11.4. The number of hydrogen-bond donors (Lipinski definition) is 0. The Morgan fingerprint density at radius 3 is 3.08 bits per heavy atom. The van der Waals surface area contributed by atoms with Crippen LogP contribution < -0.4 is 0 Å². The number of allylic oxidation sites excluding steroid dienone is 4. The van der Waals surface area contributed by atoms with Crippen molar-refractivity contribution in [1.29, 1.82) is 0 Å². The van der Waals surface area contributed by atoms with Gasteiger partial charge in [0.25, 0.3) is 0 Å². The standard InChI is InChI=1S/C12H13N/c1-10-4-2-5-11(8-10)12-6-3-7-13-9-12/h2-7,9,11H,8H2,1H3. The second-order valence-electron chi connectivity index (χ2n) is 3.49. The van der Waals surface area contributed by atoms with Crippen molar-refractivity contribution in [3.05, 3.63) is 53.9 Å². The van der Waals surface area contributed by atoms with Crippen molar-refractivity contribution in [2.75, 3.05) is 0 Å². The van der Waals surface area contributed by atoms with E-state index in [-0.39, 0.29) is 0 Å². The Balaban J connectivity index is 2.21. The summed E-state index contributed by atoms with van der Waals surface area (Å²) in [5.74, 6) is 0.527. The molecule has 0 aromatic carbocycles. The Morgan fingerprint density at radius 1 is 1.46 bits per heavy atom. The lowest BCUT2D eigenvalue weighted by molar-refractivity contribution is 0.808. The highest BCUT2D eigenvalue weighted by molar-refractivity contribution is 5.29. The molecule has 1 nitrogen and oxygen atoms in total. The largest absolute Gasteiger partial charge is 0.264 e. The van der Waals surface area contributed by atoms with Crippen molar-refractivity contribution in [2.24, 2.45) is 0 Å². The molecule has 0 saturated carbocycles. The van der Waals surface area contributed by atoms with Crippen molar-refractivity contribution in [1.82, 2.24) is 4.98 Å². The van der Waals surface area contributed by atoms with E-state index < -0.39 is 0 Å². The van der Waals surface area contributed by atoms with Crippen LogP contribution in [-0.4, -0.2) is 4.98 Å². The van der Waals surface area contributed by atoms with E-state index in [0.717, 1.165) is 6.42 Å². The van der Waals surface area contributed by atoms with Crippen LogP contribution in [0.3, 0.4) is 0 Å². The van der Waals surface area contributed by atoms with Gasteiger partial charge in [0.2, 0.25) is 0 Å². The lowest BCUT2D eigenvalue weighted by Gasteiger charge is -2.15. The van der Waals surface area contributed by atoms with Crippen LogP contribution in [0.4, 0.5) is 0 Å². The highest BCUT2D eigenvalue weighted by Crippen LogP contribution is 2.27. The van der Waals surface area contributed by atoms with Crippen LogP contribution >= 0.6 is 0 Å². The van der Waals surface area contributed by atoms with Gasteiger partial charge in [-0.15, -0.1) is 0 Å². The fourth-order valence-corrected chi connectivity index (χ4v) is 1.66. The number of hydrogen-bond acceptors (Lipinski definition) is 1. The molecule has 0 spiro atoms. The van der Waals surface area contributed by atoms with Crippen LogP contribution in [0.15, 0.2) is 48.3 Å². The molecule has 0 radical (unpaired) electrons. The topological polar surface area (TPSA) is 12.9 Å². The molecule has 0 amide bonds. The number of aromatic nitrogens is 1. The second kappa shape index (κ2) is 3.56. The van der Waals surface area contributed by atoms with Crippen LogP contribution in [0.2, 0.25) is 0 Å². The van der Waals surface area contributed by atoms with Crippen molar-refractivity contribution in [3.63, 3.8) is 0 Å². The van der Waals surface area contributed by atoms with E-state index >= 15 is 0 Å². The summed E-state index contributed by atoms with van der Waals surface area (Å²) >= 11 is 0. The maximum atomic E-state index is 4.13. The molecule has 1 unspecified atom stereocenters. The van der Waals surface area contributed by atoms with Gasteiger partial charge in [0, 0.05) is 18.3 Å². The maximum absolute atomic E-state index is 4.13. The molecule has 0 bridgehead atoms. The third-order valence-electron chi connectivity index (χ3n) is 2.38. The Bertz CT molecular complexity index is 335. The first kappa shape index (κ1) is 8.24. The zero-order chi connectivity index (χ0) is 9.10. The Morgan fingerprint density at radius 2 is 2.38 bits per heavy atom. The highest BCUT2D eigenvalue weighted by atomic mass is 14.6. The lowest BCUT2D eigenvalue weighted by atomic mass is 9.90. The first-order valence-corrected chi connectivity index (χ1v) is 4.60. The highest BCUT2D eigenvalue weighted by Gasteiger charge is 2.10. The molecule has 13 heavy (non-hydrogen) atoms. The molecule has 0 saturated heterocycles. The van der Waals surface area contributed by atoms with Gasteiger partial charge in [-0.05, 0) is 25.0 Å². The molecule has 66 valence electrons. The quantitative estimate of drug-likeness (QED) is 0.632. The number of pyridine rings is 1. The number of rotatable bonds is 1. The first-order valence-electron chi connectivity index (χ1n) is 4.60. The van der Waals surface area contributed by atoms with E-state index in [9.17, 15) is 0 Å². The minimum atomic E-state index is 0.527. The normalized spacial score (nSPS) is 21.3. The summed E-state index contributed by atoms with van der Waals surface area (Å²) < 4.78 is 0. The van der Waals surface area contributed by atoms with Gasteiger partial charge in [0.15, 0.2) is 0 Å². The zero-order valence-corrected chi connectivity index (χ0v) is 7.77. The summed E-state index contributed by atoms with van der Waals surface area (Å²) in [6, 6.07) is 4.14. The minimum Gasteiger partial charge on any atom is -0.264 e. The molecule has 1 aliphatic rings. The van der Waals surface area contributed by atoms with Crippen LogP contribution in [0.5, 0.6) is 0 Å². The van der Waals surface area contributed by atoms with E-state index in [0.29, 0.717) is 5.92 Å². The predicted octanol–water partition coefficient (Wildman–Crippen LogP) is 3.07. The van der Waals surface area contributed by atoms with Gasteiger partial charge in [0.05, 0.1) is 0 Å². The first-order chi connectivity index (χ1) is 6.36. The van der Waals surface area contributed by atoms with Gasteiger partial charge in [-0.25, -0.2) is 0 Å². The maximum Gasteiger partial charge on any atom is 0.0305 e. The molecular weight excluding hydrogens is 158 g/mol. The van der Waals surface area contributed by atoms with E-state index in [1.807, 2.05) is 18.5 Å². The smallest absolute Gasteiger partial charge is 0.0305 e. The summed E-state index contributed by atoms with van der Waals surface area (Å²) in [7, 11) is 0. The minimum absolute atomic E-state index is 0.527. The van der Waals surface area contributed by atoms with Gasteiger partial charge in [0.1, 0.15) is 0 Å². The average Bonchev–Trinajstić information content (AvgIpc) is 2.19. The monoisotopic (exact) mass is 171 g/mol. The predicted molar refractivity (Wildman–Crippen MR) is 54.5 cm³/mol. The van der Waals surface area contributed by atoms with Gasteiger partial charge in [-0.2, -0.15) is 0 Å². The second-order valence-corrected chi connectivity index (χ2v) is 3.49. The van der Waals surface area contributed by atoms with Gasteiger partial charge in [-0.3, -0.25) is 4.98 Å². The van der Waals surface area contributed by atoms with E-state index in [1.54, 1.807) is 0 Å². The summed E-state index contributed by atoms with van der Waals surface area (Å²) in [5, 5.41) is 0. The average molecular weight is 171 g/mol. The van der Waals surface area contributed by atoms with Gasteiger partial charge in [-0.1, -0.05) is 29.9 Å². The fourth-order valence-electron chi connectivity index (χ4n) is 1.66. The molecule has 0 N–H and O–H groups in total. The van der Waals surface area contributed by atoms with Gasteiger partial charge < -0.3 is 0 Å². The van der Waals surface area contributed by atoms with Crippen LogP contribution in [0.1, 0.15) is 24.8 Å². The van der Waals surface area contributed by atoms with Crippen molar-refractivity contribution < 1.29 is 0 Å². The molecule has 1 atom stereocenters. The van der Waals surface area contributed by atoms with E-state index in [2.05, 4.69) is 36.2 Å². The Hall–Kier alpha value is -1.37. The van der Waals surface area contributed by atoms with Crippen molar-refractivity contribution in [2.45, 2.75) is 19.3 Å². The molecule has 1 heteroatoms. The summed E-state index contributed by atoms with van der Waals surface area (Å²) in [6.45, 7) is 2.17. The molecule has 1 aromatic rings. The third kappa shape index (κ3) is 1.86. The molecule has 1 heterocycles. The van der Waals surface area contributed by atoms with E-state index in [1.165, 1.54) is 11.1 Å². The van der Waals surface area contributed by atoms with Crippen molar-refractivity contribution in [3.8, 4) is 0 Å². The van der Waals surface area contributed by atoms with Crippen molar-refractivity contribution >= 4 is 0 Å². The van der Waals surface area contributed by atoms with Crippen LogP contribution in [-0.2, 0) is 0 Å². The molecule has 1 aliphatic carbocycles. The van der Waals surface area contributed by atoms with Crippen LogP contribution in [0, 0.1) is 0 Å². The molecule has 1 aromatic heterocycles. The SMILES string of the molecule is CC1=CC=CC(c2cccnc2)C1. The summed E-state index contributed by atoms with van der Waals surface area (Å²) in [5.41, 5.74) is 2.75. The van der Waals surface area contributed by atoms with Crippen LogP contribution in [0.25, 0.3) is 0 Å². The molecule has 0 aliphatic heterocycles. The number of nitrogens with zero attached hydrogens (tertiary/aromatic N) is 1. The molecule has 0 fully saturated rings. The third-order valence-corrected chi connectivity index (χ3v) is 2.38. The van der Waals surface area contributed by atoms with Gasteiger partial charge >= 0.3 is 0 Å². The summed E-state index contributed by atoms with van der Waals surface area (Å²) in [4.78, 5) is 4.13. The zero-order valence-electron chi connectivity index (χ0n) is 7.77. The Labute approximate surface area is 78.8 Å².